The van der Waals surface area contributed by atoms with Crippen LogP contribution in [0.4, 0.5) is 49.6 Å². The highest BCUT2D eigenvalue weighted by Crippen LogP contribution is 2.52. The van der Waals surface area contributed by atoms with Gasteiger partial charge in [-0.25, -0.2) is 4.39 Å². The lowest BCUT2D eigenvalue weighted by Crippen LogP contribution is -2.55. The minimum absolute atomic E-state index is 0.0968. The van der Waals surface area contributed by atoms with Crippen LogP contribution < -0.4 is 5.73 Å². The summed E-state index contributed by atoms with van der Waals surface area (Å²) >= 11 is 0. The number of hydrogen-bond acceptors (Lipinski definition) is 2. The number of nitrogens with zero attached hydrogens (tertiary/aromatic N) is 1. The maximum absolute atomic E-state index is 14.5. The molecule has 0 saturated carbocycles. The SMILES string of the molecule is Cc1cc(CN(C(=N)C(F)(F)F)C2=CC(C(F)(C(F)(F)F)C(F)(F)F)=CC[C@H]2C)ccc1N. The lowest BCUT2D eigenvalue weighted by atomic mass is 9.84. The van der Waals surface area contributed by atoms with E-state index in [0.717, 1.165) is 0 Å². The van der Waals surface area contributed by atoms with Gasteiger partial charge in [-0.15, -0.1) is 0 Å². The van der Waals surface area contributed by atoms with Crippen molar-refractivity contribution in [2.24, 2.45) is 5.92 Å². The highest BCUT2D eigenvalue weighted by atomic mass is 19.4. The summed E-state index contributed by atoms with van der Waals surface area (Å²) in [5, 5.41) is 7.51. The molecule has 1 aliphatic rings. The molecule has 184 valence electrons. The third kappa shape index (κ3) is 5.11. The maximum Gasteiger partial charge on any atom is 0.449 e. The second-order valence-electron chi connectivity index (χ2n) is 7.64. The fourth-order valence-corrected chi connectivity index (χ4v) is 3.33. The van der Waals surface area contributed by atoms with Gasteiger partial charge in [0.05, 0.1) is 0 Å². The lowest BCUT2D eigenvalue weighted by Gasteiger charge is -2.37. The Kier molecular flexibility index (Phi) is 6.88. The number of alkyl halides is 10. The average molecular weight is 491 g/mol. The summed E-state index contributed by atoms with van der Waals surface area (Å²) in [4.78, 5) is 0.232. The highest BCUT2D eigenvalue weighted by molar-refractivity contribution is 5.86. The van der Waals surface area contributed by atoms with E-state index in [4.69, 9.17) is 11.1 Å². The molecule has 0 radical (unpaired) electrons. The van der Waals surface area contributed by atoms with E-state index in [1.54, 1.807) is 0 Å². The molecule has 0 amide bonds. The van der Waals surface area contributed by atoms with Crippen LogP contribution in [-0.4, -0.2) is 34.9 Å². The minimum Gasteiger partial charge on any atom is -0.399 e. The molecule has 1 atom stereocenters. The minimum atomic E-state index is -6.42. The summed E-state index contributed by atoms with van der Waals surface area (Å²) in [6, 6.07) is 4.01. The molecule has 3 N–H and O–H groups in total. The van der Waals surface area contributed by atoms with Crippen molar-refractivity contribution in [2.45, 2.75) is 51.0 Å². The van der Waals surface area contributed by atoms with Crippen molar-refractivity contribution >= 4 is 11.5 Å². The molecule has 13 heteroatoms. The third-order valence-corrected chi connectivity index (χ3v) is 5.20. The fourth-order valence-electron chi connectivity index (χ4n) is 3.33. The first-order valence-corrected chi connectivity index (χ1v) is 9.33. The Morgan fingerprint density at radius 1 is 1.03 bits per heavy atom. The summed E-state index contributed by atoms with van der Waals surface area (Å²) in [6.45, 7) is 2.05. The van der Waals surface area contributed by atoms with Gasteiger partial charge in [0.1, 0.15) is 0 Å². The molecular formula is C20H19F10N3. The zero-order valence-electron chi connectivity index (χ0n) is 17.2. The quantitative estimate of drug-likeness (QED) is 0.216. The van der Waals surface area contributed by atoms with Gasteiger partial charge in [-0.05, 0) is 42.5 Å². The molecule has 1 aliphatic carbocycles. The van der Waals surface area contributed by atoms with E-state index in [1.807, 2.05) is 0 Å². The number of amidine groups is 1. The van der Waals surface area contributed by atoms with Gasteiger partial charge in [0, 0.05) is 23.5 Å². The van der Waals surface area contributed by atoms with E-state index in [2.05, 4.69) is 0 Å². The van der Waals surface area contributed by atoms with Gasteiger partial charge < -0.3 is 10.6 Å². The van der Waals surface area contributed by atoms with E-state index in [0.29, 0.717) is 17.3 Å². The van der Waals surface area contributed by atoms with Crippen LogP contribution in [0.15, 0.2) is 41.6 Å². The van der Waals surface area contributed by atoms with Gasteiger partial charge in [-0.1, -0.05) is 25.1 Å². The Labute approximate surface area is 182 Å². The summed E-state index contributed by atoms with van der Waals surface area (Å²) in [5.41, 5.74) is -1.84. The van der Waals surface area contributed by atoms with E-state index < -0.39 is 60.2 Å². The monoisotopic (exact) mass is 491 g/mol. The number of nitrogen functional groups attached to an aromatic ring is 1. The summed E-state index contributed by atoms with van der Waals surface area (Å²) in [6.07, 6.45) is -18.3. The fraction of sp³-hybridized carbons (Fsp3) is 0.450. The average Bonchev–Trinajstić information content (AvgIpc) is 2.66. The summed E-state index contributed by atoms with van der Waals surface area (Å²) < 4.78 is 134. The number of anilines is 1. The van der Waals surface area contributed by atoms with Crippen LogP contribution in [-0.2, 0) is 6.54 Å². The van der Waals surface area contributed by atoms with E-state index in [-0.39, 0.29) is 16.5 Å². The molecule has 0 saturated heterocycles. The van der Waals surface area contributed by atoms with E-state index in [9.17, 15) is 43.9 Å². The zero-order chi connectivity index (χ0) is 25.6. The van der Waals surface area contributed by atoms with Crippen molar-refractivity contribution in [1.82, 2.24) is 4.90 Å². The second kappa shape index (κ2) is 8.56. The molecule has 0 bridgehead atoms. The van der Waals surface area contributed by atoms with Crippen LogP contribution >= 0.6 is 0 Å². The van der Waals surface area contributed by atoms with Crippen LogP contribution in [0.3, 0.4) is 0 Å². The number of rotatable bonds is 4. The predicted octanol–water partition coefficient (Wildman–Crippen LogP) is 6.60. The molecule has 0 unspecified atom stereocenters. The summed E-state index contributed by atoms with van der Waals surface area (Å²) in [7, 11) is 0. The molecule has 0 heterocycles. The number of hydrogen-bond donors (Lipinski definition) is 2. The van der Waals surface area contributed by atoms with Crippen LogP contribution in [0, 0.1) is 18.3 Å². The Bertz CT molecular complexity index is 956. The standard InChI is InChI=1S/C20H19F10N3/c1-10-3-5-13(17(21,19(25,26)27)20(28,29)30)8-15(10)33(16(32)18(22,23)24)9-12-4-6-14(31)11(2)7-12/h4-8,10,32H,3,9,31H2,1-2H3/t10-/m1/s1. The maximum atomic E-state index is 14.5. The van der Waals surface area contributed by atoms with Gasteiger partial charge >= 0.3 is 24.2 Å². The molecule has 0 aromatic heterocycles. The highest BCUT2D eigenvalue weighted by Gasteiger charge is 2.74. The largest absolute Gasteiger partial charge is 0.449 e. The molecule has 0 aliphatic heterocycles. The van der Waals surface area contributed by atoms with Crippen LogP contribution in [0.2, 0.25) is 0 Å². The predicted molar refractivity (Wildman–Crippen MR) is 101 cm³/mol. The zero-order valence-corrected chi connectivity index (χ0v) is 17.2. The van der Waals surface area contributed by atoms with Crippen LogP contribution in [0.5, 0.6) is 0 Å². The normalized spacial score (nSPS) is 18.0. The lowest BCUT2D eigenvalue weighted by molar-refractivity contribution is -0.325. The van der Waals surface area contributed by atoms with E-state index in [1.165, 1.54) is 32.0 Å². The van der Waals surface area contributed by atoms with Gasteiger partial charge in [0.2, 0.25) is 5.84 Å². The molecule has 0 fully saturated rings. The number of nitrogens with one attached hydrogen (secondary N) is 1. The third-order valence-electron chi connectivity index (χ3n) is 5.20. The number of allylic oxidation sites excluding steroid dienone is 4. The van der Waals surface area contributed by atoms with Crippen molar-refractivity contribution < 1.29 is 43.9 Å². The molecule has 2 rings (SSSR count). The molecular weight excluding hydrogens is 472 g/mol. The Morgan fingerprint density at radius 3 is 2.03 bits per heavy atom. The first-order valence-electron chi connectivity index (χ1n) is 9.33. The smallest absolute Gasteiger partial charge is 0.399 e. The second-order valence-corrected chi connectivity index (χ2v) is 7.64. The van der Waals surface area contributed by atoms with Gasteiger partial charge in [0.25, 0.3) is 0 Å². The van der Waals surface area contributed by atoms with Gasteiger partial charge in [-0.3, -0.25) is 5.41 Å². The van der Waals surface area contributed by atoms with Crippen molar-refractivity contribution in [3.63, 3.8) is 0 Å². The number of aryl methyl sites for hydroxylation is 1. The molecule has 3 nitrogen and oxygen atoms in total. The first-order chi connectivity index (χ1) is 14.8. The van der Waals surface area contributed by atoms with Crippen LogP contribution in [0.25, 0.3) is 0 Å². The van der Waals surface area contributed by atoms with Gasteiger partial charge in [-0.2, -0.15) is 39.5 Å². The van der Waals surface area contributed by atoms with Crippen LogP contribution in [0.1, 0.15) is 24.5 Å². The van der Waals surface area contributed by atoms with Crippen molar-refractivity contribution in [2.75, 3.05) is 5.73 Å². The topological polar surface area (TPSA) is 53.1 Å². The Balaban J connectivity index is 2.65. The Hall–Kier alpha value is -2.73. The number of benzene rings is 1. The molecule has 1 aromatic carbocycles. The molecule has 0 spiro atoms. The molecule has 1 aromatic rings. The number of halogens is 10. The molecule has 33 heavy (non-hydrogen) atoms. The van der Waals surface area contributed by atoms with E-state index >= 15 is 0 Å². The van der Waals surface area contributed by atoms with Gasteiger partial charge in [0.15, 0.2) is 0 Å². The number of nitrogens with two attached hydrogens (primary N) is 1. The first kappa shape index (κ1) is 26.5. The summed E-state index contributed by atoms with van der Waals surface area (Å²) in [5.74, 6) is -3.07. The van der Waals surface area contributed by atoms with Crippen molar-refractivity contribution in [3.05, 3.63) is 52.7 Å². The van der Waals surface area contributed by atoms with Crippen molar-refractivity contribution in [1.29, 1.82) is 5.41 Å². The Morgan fingerprint density at radius 2 is 1.58 bits per heavy atom. The van der Waals surface area contributed by atoms with Crippen molar-refractivity contribution in [3.8, 4) is 0 Å².